The Morgan fingerprint density at radius 3 is 2.33 bits per heavy atom. The number of aliphatic hydroxyl groups excluding tert-OH is 1. The molecule has 4 aromatic heterocycles. The quantitative estimate of drug-likeness (QED) is 0.109. The number of fused-ring (bicyclic) bond motifs is 1. The molecular formula is C27H33BrOS3Se. The summed E-state index contributed by atoms with van der Waals surface area (Å²) in [5, 5.41) is 13.2. The zero-order valence-corrected chi connectivity index (χ0v) is 25.0. The number of aryl methyl sites for hydroxylation is 1. The zero-order chi connectivity index (χ0) is 23.0. The maximum absolute atomic E-state index is 11.1. The van der Waals surface area contributed by atoms with Gasteiger partial charge < -0.3 is 0 Å². The van der Waals surface area contributed by atoms with E-state index in [1.54, 1.807) is 22.7 Å². The third kappa shape index (κ3) is 7.16. The second-order valence-corrected chi connectivity index (χ2v) is 15.1. The number of hydrogen-bond acceptors (Lipinski definition) is 4. The first-order chi connectivity index (χ1) is 16.2. The second kappa shape index (κ2) is 13.2. The van der Waals surface area contributed by atoms with Gasteiger partial charge in [0.2, 0.25) is 0 Å². The molecule has 1 atom stereocenters. The number of rotatable bonds is 14. The van der Waals surface area contributed by atoms with Crippen LogP contribution in [0.4, 0.5) is 0 Å². The van der Waals surface area contributed by atoms with Crippen LogP contribution in [-0.4, -0.2) is 19.6 Å². The van der Waals surface area contributed by atoms with Gasteiger partial charge in [0.1, 0.15) is 0 Å². The third-order valence-corrected chi connectivity index (χ3v) is 13.5. The molecule has 4 rings (SSSR count). The molecule has 4 aromatic rings. The monoisotopic (exact) mass is 628 g/mol. The average molecular weight is 629 g/mol. The fraction of sp³-hybridized carbons (Fsp3) is 0.481. The Bertz CT molecular complexity index is 1090. The summed E-state index contributed by atoms with van der Waals surface area (Å²) in [6, 6.07) is 11.2. The molecule has 0 radical (unpaired) electrons. The van der Waals surface area contributed by atoms with Gasteiger partial charge >= 0.3 is 200 Å². The molecule has 0 fully saturated rings. The van der Waals surface area contributed by atoms with E-state index in [1.165, 1.54) is 94.2 Å². The van der Waals surface area contributed by atoms with Crippen LogP contribution in [0.2, 0.25) is 0 Å². The number of aliphatic hydroxyl groups is 1. The summed E-state index contributed by atoms with van der Waals surface area (Å²) >= 11 is 9.32. The molecule has 0 bridgehead atoms. The van der Waals surface area contributed by atoms with E-state index in [0.717, 1.165) is 13.8 Å². The van der Waals surface area contributed by atoms with Gasteiger partial charge in [-0.25, -0.2) is 0 Å². The van der Waals surface area contributed by atoms with Gasteiger partial charge in [0.15, 0.2) is 0 Å². The Morgan fingerprint density at radius 1 is 0.879 bits per heavy atom. The van der Waals surface area contributed by atoms with E-state index in [4.69, 9.17) is 0 Å². The SMILES string of the molecule is CCCCCCCCCCCCc1ccc(-c2cc(Br)c(C(O)c3cc4sccc4s3)[se]2)s1. The molecular weight excluding hydrogens is 595 g/mol. The summed E-state index contributed by atoms with van der Waals surface area (Å²) in [5.41, 5.74) is 0. The Kier molecular flexibility index (Phi) is 10.4. The summed E-state index contributed by atoms with van der Waals surface area (Å²) in [6.07, 6.45) is 14.6. The molecule has 1 nitrogen and oxygen atoms in total. The molecule has 0 amide bonds. The van der Waals surface area contributed by atoms with Crippen LogP contribution in [0.25, 0.3) is 18.7 Å². The molecule has 4 heterocycles. The predicted molar refractivity (Wildman–Crippen MR) is 154 cm³/mol. The van der Waals surface area contributed by atoms with E-state index in [2.05, 4.69) is 58.6 Å². The Hall–Kier alpha value is -0.201. The first-order valence-corrected chi connectivity index (χ1v) is 17.2. The van der Waals surface area contributed by atoms with Gasteiger partial charge in [-0.3, -0.25) is 0 Å². The second-order valence-electron chi connectivity index (χ2n) is 8.72. The Labute approximate surface area is 224 Å². The summed E-state index contributed by atoms with van der Waals surface area (Å²) in [4.78, 5) is 3.95. The molecule has 0 spiro atoms. The van der Waals surface area contributed by atoms with Crippen molar-refractivity contribution in [2.45, 2.75) is 83.7 Å². The van der Waals surface area contributed by atoms with Crippen molar-refractivity contribution in [3.63, 3.8) is 0 Å². The van der Waals surface area contributed by atoms with Crippen molar-refractivity contribution in [1.82, 2.24) is 0 Å². The molecule has 1 unspecified atom stereocenters. The molecule has 1 N–H and O–H groups in total. The fourth-order valence-corrected chi connectivity index (χ4v) is 11.2. The topological polar surface area (TPSA) is 20.2 Å². The summed E-state index contributed by atoms with van der Waals surface area (Å²) in [5.74, 6) is 0. The first kappa shape index (κ1) is 25.9. The average Bonchev–Trinajstić information content (AvgIpc) is 3.58. The maximum atomic E-state index is 11.1. The number of hydrogen-bond donors (Lipinski definition) is 1. The molecule has 0 aromatic carbocycles. The molecule has 0 aliphatic rings. The minimum atomic E-state index is -0.496. The summed E-state index contributed by atoms with van der Waals surface area (Å²) < 4.78 is 6.17. The normalized spacial score (nSPS) is 12.7. The molecule has 33 heavy (non-hydrogen) atoms. The molecule has 0 aliphatic heterocycles. The van der Waals surface area contributed by atoms with Gasteiger partial charge in [-0.1, -0.05) is 26.2 Å². The predicted octanol–water partition coefficient (Wildman–Crippen LogP) is 10.1. The van der Waals surface area contributed by atoms with Crippen LogP contribution in [0.1, 0.15) is 91.4 Å². The minimum absolute atomic E-state index is 0.162. The van der Waals surface area contributed by atoms with Gasteiger partial charge in [0.25, 0.3) is 0 Å². The zero-order valence-electron chi connectivity index (χ0n) is 19.3. The number of halogens is 1. The molecule has 0 saturated carbocycles. The van der Waals surface area contributed by atoms with Gasteiger partial charge in [-0.2, -0.15) is 0 Å². The van der Waals surface area contributed by atoms with E-state index in [9.17, 15) is 5.11 Å². The van der Waals surface area contributed by atoms with E-state index >= 15 is 0 Å². The third-order valence-electron chi connectivity index (χ3n) is 6.07. The van der Waals surface area contributed by atoms with Crippen LogP contribution in [0.5, 0.6) is 0 Å². The van der Waals surface area contributed by atoms with Crippen LogP contribution >= 0.6 is 49.9 Å². The van der Waals surface area contributed by atoms with Gasteiger partial charge in [0, 0.05) is 0 Å². The summed E-state index contributed by atoms with van der Waals surface area (Å²) in [7, 11) is 0. The van der Waals surface area contributed by atoms with E-state index in [-0.39, 0.29) is 14.5 Å². The molecule has 6 heteroatoms. The van der Waals surface area contributed by atoms with E-state index in [1.807, 2.05) is 11.3 Å². The van der Waals surface area contributed by atoms with Gasteiger partial charge in [-0.05, 0) is 0 Å². The van der Waals surface area contributed by atoms with E-state index in [0.29, 0.717) is 0 Å². The fourth-order valence-electron chi connectivity index (χ4n) is 4.17. The van der Waals surface area contributed by atoms with Crippen LogP contribution in [0.3, 0.4) is 0 Å². The van der Waals surface area contributed by atoms with Crippen molar-refractivity contribution < 1.29 is 5.11 Å². The molecule has 0 aliphatic carbocycles. The van der Waals surface area contributed by atoms with Crippen LogP contribution in [0, 0.1) is 0 Å². The van der Waals surface area contributed by atoms with Crippen molar-refractivity contribution >= 4 is 73.8 Å². The number of thiophene rings is 3. The Balaban J connectivity index is 1.24. The molecule has 0 saturated heterocycles. The number of unbranched alkanes of at least 4 members (excludes halogenated alkanes) is 9. The van der Waals surface area contributed by atoms with Crippen molar-refractivity contribution in [1.29, 1.82) is 0 Å². The van der Waals surface area contributed by atoms with Crippen molar-refractivity contribution in [2.75, 3.05) is 0 Å². The van der Waals surface area contributed by atoms with Crippen molar-refractivity contribution in [3.05, 3.63) is 54.4 Å². The van der Waals surface area contributed by atoms with Crippen molar-refractivity contribution in [2.24, 2.45) is 0 Å². The van der Waals surface area contributed by atoms with Crippen LogP contribution < -0.4 is 0 Å². The summed E-state index contributed by atoms with van der Waals surface area (Å²) in [6.45, 7) is 2.29. The standard InChI is InChI=1S/C27H33BrOS3Se/c1-2-3-4-5-6-7-8-9-10-11-12-19-13-14-22(31-19)25-17-20(28)27(33-25)26(29)24-18-23-21(32-24)15-16-30-23/h13-18,26,29H,2-12H2,1H3. The first-order valence-electron chi connectivity index (χ1n) is 12.2. The van der Waals surface area contributed by atoms with Gasteiger partial charge in [0.05, 0.1) is 0 Å². The van der Waals surface area contributed by atoms with Gasteiger partial charge in [-0.15, -0.1) is 0 Å². The van der Waals surface area contributed by atoms with Crippen LogP contribution in [-0.2, 0) is 6.42 Å². The van der Waals surface area contributed by atoms with E-state index < -0.39 is 6.10 Å². The van der Waals surface area contributed by atoms with Crippen LogP contribution in [0.15, 0.2) is 40.2 Å². The Morgan fingerprint density at radius 2 is 1.61 bits per heavy atom. The molecule has 178 valence electrons. The van der Waals surface area contributed by atoms with Crippen molar-refractivity contribution in [3.8, 4) is 9.31 Å².